The highest BCUT2D eigenvalue weighted by Crippen LogP contribution is 2.34. The van der Waals surface area contributed by atoms with Crippen LogP contribution in [0.5, 0.6) is 5.75 Å². The number of nitrogens with zero attached hydrogens (tertiary/aromatic N) is 3. The highest BCUT2D eigenvalue weighted by atomic mass is 16.6. The molecule has 1 fully saturated rings. The van der Waals surface area contributed by atoms with Gasteiger partial charge in [-0.1, -0.05) is 24.3 Å². The molecular weight excluding hydrogens is 504 g/mol. The van der Waals surface area contributed by atoms with Gasteiger partial charge in [-0.15, -0.1) is 0 Å². The lowest BCUT2D eigenvalue weighted by molar-refractivity contribution is -0.386. The van der Waals surface area contributed by atoms with E-state index in [-0.39, 0.29) is 47.4 Å². The Morgan fingerprint density at radius 3 is 2.55 bits per heavy atom. The molecule has 1 aliphatic rings. The maximum Gasteiger partial charge on any atom is 0.373 e. The standard InChI is InChI=1S/C24H18N4O10/c1-36-23(30)20-9-8-17(38-20)12-26-22(29)18(25-24(26)31)11-15-5-3-7-19(28(34)35)21(15)37-13-14-4-2-6-16(10-14)27(32)33/h2-11H,12-13H2,1H3,(H,25,31)/b18-11-. The third-order valence-corrected chi connectivity index (χ3v) is 5.35. The van der Waals surface area contributed by atoms with Crippen LogP contribution in [0.25, 0.3) is 6.08 Å². The third kappa shape index (κ3) is 5.33. The third-order valence-electron chi connectivity index (χ3n) is 5.35. The average Bonchev–Trinajstić information content (AvgIpc) is 3.47. The first kappa shape index (κ1) is 25.6. The van der Waals surface area contributed by atoms with Gasteiger partial charge < -0.3 is 19.2 Å². The predicted octanol–water partition coefficient (Wildman–Crippen LogP) is 3.55. The number of hydrogen-bond acceptors (Lipinski definition) is 10. The van der Waals surface area contributed by atoms with Gasteiger partial charge in [-0.2, -0.15) is 0 Å². The number of rotatable bonds is 9. The molecule has 1 saturated heterocycles. The number of carbonyl (C=O) groups is 3. The van der Waals surface area contributed by atoms with Crippen LogP contribution in [-0.2, 0) is 22.7 Å². The van der Waals surface area contributed by atoms with E-state index in [2.05, 4.69) is 10.1 Å². The highest BCUT2D eigenvalue weighted by molar-refractivity contribution is 6.14. The fourth-order valence-corrected chi connectivity index (χ4v) is 3.57. The number of amides is 3. The molecule has 14 nitrogen and oxygen atoms in total. The summed E-state index contributed by atoms with van der Waals surface area (Å²) in [5.41, 5.74) is -0.274. The summed E-state index contributed by atoms with van der Waals surface area (Å²) in [6.45, 7) is -0.528. The fourth-order valence-electron chi connectivity index (χ4n) is 3.57. The zero-order valence-corrected chi connectivity index (χ0v) is 19.6. The van der Waals surface area contributed by atoms with E-state index in [4.69, 9.17) is 9.15 Å². The molecule has 1 aliphatic heterocycles. The minimum absolute atomic E-state index is 0.104. The maximum atomic E-state index is 12.9. The number of benzene rings is 2. The van der Waals surface area contributed by atoms with Crippen molar-refractivity contribution in [2.45, 2.75) is 13.2 Å². The second-order valence-electron chi connectivity index (χ2n) is 7.81. The number of hydrogen-bond donors (Lipinski definition) is 1. The number of ether oxygens (including phenoxy) is 2. The van der Waals surface area contributed by atoms with Crippen molar-refractivity contribution >= 4 is 35.4 Å². The van der Waals surface area contributed by atoms with E-state index in [1.807, 2.05) is 0 Å². The highest BCUT2D eigenvalue weighted by Gasteiger charge is 2.35. The van der Waals surface area contributed by atoms with Gasteiger partial charge in [0, 0.05) is 23.8 Å². The van der Waals surface area contributed by atoms with Crippen molar-refractivity contribution in [2.24, 2.45) is 0 Å². The summed E-state index contributed by atoms with van der Waals surface area (Å²) >= 11 is 0. The molecule has 2 aromatic carbocycles. The molecule has 1 N–H and O–H groups in total. The Kier molecular flexibility index (Phi) is 7.14. The summed E-state index contributed by atoms with van der Waals surface area (Å²) in [6.07, 6.45) is 1.22. The van der Waals surface area contributed by atoms with E-state index in [1.54, 1.807) is 6.07 Å². The molecule has 0 bridgehead atoms. The molecule has 194 valence electrons. The van der Waals surface area contributed by atoms with Crippen LogP contribution in [0.3, 0.4) is 0 Å². The first-order valence-electron chi connectivity index (χ1n) is 10.8. The number of furan rings is 1. The molecule has 1 aromatic heterocycles. The van der Waals surface area contributed by atoms with Crippen LogP contribution in [0, 0.1) is 20.2 Å². The number of para-hydroxylation sites is 1. The molecule has 3 amide bonds. The van der Waals surface area contributed by atoms with Crippen molar-refractivity contribution < 1.29 is 38.1 Å². The number of methoxy groups -OCH3 is 1. The van der Waals surface area contributed by atoms with Crippen molar-refractivity contribution in [1.29, 1.82) is 0 Å². The van der Waals surface area contributed by atoms with Crippen molar-refractivity contribution in [2.75, 3.05) is 7.11 Å². The van der Waals surface area contributed by atoms with Gasteiger partial charge in [0.2, 0.25) is 11.5 Å². The summed E-state index contributed by atoms with van der Waals surface area (Å²) in [6, 6.07) is 11.6. The molecule has 0 aliphatic carbocycles. The summed E-state index contributed by atoms with van der Waals surface area (Å²) in [4.78, 5) is 59.2. The number of esters is 1. The van der Waals surface area contributed by atoms with Crippen molar-refractivity contribution in [1.82, 2.24) is 10.2 Å². The van der Waals surface area contributed by atoms with Gasteiger partial charge in [-0.05, 0) is 23.8 Å². The van der Waals surface area contributed by atoms with E-state index in [0.717, 1.165) is 4.90 Å². The van der Waals surface area contributed by atoms with Crippen LogP contribution < -0.4 is 10.1 Å². The summed E-state index contributed by atoms with van der Waals surface area (Å²) in [5.74, 6) is -1.64. The number of urea groups is 1. The zero-order valence-electron chi connectivity index (χ0n) is 19.6. The van der Waals surface area contributed by atoms with Crippen molar-refractivity contribution in [3.05, 3.63) is 103 Å². The Hall–Kier alpha value is -5.53. The van der Waals surface area contributed by atoms with Crippen LogP contribution >= 0.6 is 0 Å². The number of nitrogens with one attached hydrogen (secondary N) is 1. The SMILES string of the molecule is COC(=O)c1ccc(CN2C(=O)N/C(=C\c3cccc([N+](=O)[O-])c3OCc3cccc([N+](=O)[O-])c3)C2=O)o1. The summed E-state index contributed by atoms with van der Waals surface area (Å²) in [5, 5.41) is 25.1. The Morgan fingerprint density at radius 2 is 1.84 bits per heavy atom. The molecule has 0 spiro atoms. The monoisotopic (exact) mass is 522 g/mol. The molecular formula is C24H18N4O10. The minimum Gasteiger partial charge on any atom is -0.482 e. The van der Waals surface area contributed by atoms with E-state index in [9.17, 15) is 34.6 Å². The van der Waals surface area contributed by atoms with E-state index < -0.39 is 33.4 Å². The molecule has 0 unspecified atom stereocenters. The summed E-state index contributed by atoms with van der Waals surface area (Å²) in [7, 11) is 1.18. The summed E-state index contributed by atoms with van der Waals surface area (Å²) < 4.78 is 15.5. The largest absolute Gasteiger partial charge is 0.482 e. The van der Waals surface area contributed by atoms with Gasteiger partial charge >= 0.3 is 17.7 Å². The second kappa shape index (κ2) is 10.6. The van der Waals surface area contributed by atoms with E-state index >= 15 is 0 Å². The Labute approximate surface area is 213 Å². The molecule has 3 aromatic rings. The predicted molar refractivity (Wildman–Crippen MR) is 128 cm³/mol. The van der Waals surface area contributed by atoms with Crippen LogP contribution in [-0.4, -0.2) is 39.8 Å². The van der Waals surface area contributed by atoms with Gasteiger partial charge in [-0.25, -0.2) is 9.59 Å². The Balaban J connectivity index is 1.59. The van der Waals surface area contributed by atoms with Crippen molar-refractivity contribution in [3.8, 4) is 5.75 Å². The van der Waals surface area contributed by atoms with Gasteiger partial charge in [0.15, 0.2) is 0 Å². The second-order valence-corrected chi connectivity index (χ2v) is 7.81. The molecule has 38 heavy (non-hydrogen) atoms. The van der Waals surface area contributed by atoms with E-state index in [0.29, 0.717) is 5.56 Å². The number of nitro benzene ring substituents is 2. The number of non-ortho nitro benzene ring substituents is 1. The minimum atomic E-state index is -0.776. The number of imide groups is 1. The first-order valence-corrected chi connectivity index (χ1v) is 10.8. The Bertz CT molecular complexity index is 1490. The lowest BCUT2D eigenvalue weighted by Gasteiger charge is -2.11. The molecule has 0 atom stereocenters. The Morgan fingerprint density at radius 1 is 1.08 bits per heavy atom. The molecule has 0 radical (unpaired) electrons. The van der Waals surface area contributed by atoms with Crippen LogP contribution in [0.1, 0.15) is 27.4 Å². The molecule has 4 rings (SSSR count). The lowest BCUT2D eigenvalue weighted by Crippen LogP contribution is -2.30. The van der Waals surface area contributed by atoms with Crippen LogP contribution in [0.15, 0.2) is 64.7 Å². The smallest absolute Gasteiger partial charge is 0.373 e. The topological polar surface area (TPSA) is 184 Å². The van der Waals surface area contributed by atoms with Gasteiger partial charge in [0.1, 0.15) is 18.1 Å². The van der Waals surface area contributed by atoms with Gasteiger partial charge in [-0.3, -0.25) is 29.9 Å². The molecule has 2 heterocycles. The number of carbonyl (C=O) groups excluding carboxylic acids is 3. The quantitative estimate of drug-likeness (QED) is 0.143. The van der Waals surface area contributed by atoms with Crippen LogP contribution in [0.2, 0.25) is 0 Å². The zero-order chi connectivity index (χ0) is 27.4. The van der Waals surface area contributed by atoms with Crippen molar-refractivity contribution in [3.63, 3.8) is 0 Å². The fraction of sp³-hybridized carbons (Fsp3) is 0.125. The van der Waals surface area contributed by atoms with Crippen LogP contribution in [0.4, 0.5) is 16.2 Å². The number of nitro groups is 2. The first-order chi connectivity index (χ1) is 18.2. The average molecular weight is 522 g/mol. The maximum absolute atomic E-state index is 12.9. The molecule has 14 heteroatoms. The normalized spacial score (nSPS) is 13.9. The lowest BCUT2D eigenvalue weighted by atomic mass is 10.1. The van der Waals surface area contributed by atoms with Gasteiger partial charge in [0.05, 0.1) is 23.5 Å². The van der Waals surface area contributed by atoms with E-state index in [1.165, 1.54) is 61.7 Å². The van der Waals surface area contributed by atoms with Gasteiger partial charge in [0.25, 0.3) is 11.6 Å². The molecule has 0 saturated carbocycles.